The predicted molar refractivity (Wildman–Crippen MR) is 56.0 cm³/mol. The molecule has 2 rings (SSSR count). The first-order chi connectivity index (χ1) is 6.27. The van der Waals surface area contributed by atoms with Gasteiger partial charge in [-0.1, -0.05) is 50.2 Å². The highest BCUT2D eigenvalue weighted by atomic mass is 14.1. The van der Waals surface area contributed by atoms with Gasteiger partial charge in [0.1, 0.15) is 0 Å². The van der Waals surface area contributed by atoms with Crippen molar-refractivity contribution in [2.24, 2.45) is 0 Å². The van der Waals surface area contributed by atoms with E-state index in [-0.39, 0.29) is 0 Å². The Bertz CT molecular complexity index is 343. The van der Waals surface area contributed by atoms with Crippen LogP contribution in [-0.4, -0.2) is 0 Å². The van der Waals surface area contributed by atoms with Crippen LogP contribution in [0, 0.1) is 6.07 Å². The van der Waals surface area contributed by atoms with Crippen LogP contribution in [0.1, 0.15) is 25.3 Å². The number of fused-ring (bicyclic) bond motifs is 1. The van der Waals surface area contributed by atoms with Crippen molar-refractivity contribution in [3.05, 3.63) is 48.0 Å². The van der Waals surface area contributed by atoms with E-state index in [2.05, 4.69) is 50.2 Å². The van der Waals surface area contributed by atoms with E-state index in [0.29, 0.717) is 5.92 Å². The Hall–Kier alpha value is -1.30. The van der Waals surface area contributed by atoms with Gasteiger partial charge in [0.05, 0.1) is 0 Å². The maximum absolute atomic E-state index is 3.42. The van der Waals surface area contributed by atoms with E-state index in [9.17, 15) is 0 Å². The van der Waals surface area contributed by atoms with Crippen molar-refractivity contribution in [2.45, 2.75) is 19.8 Å². The fourth-order valence-electron chi connectivity index (χ4n) is 1.47. The first-order valence-electron chi connectivity index (χ1n) is 4.68. The lowest BCUT2D eigenvalue weighted by atomic mass is 10.1. The van der Waals surface area contributed by atoms with Crippen molar-refractivity contribution in [1.29, 1.82) is 0 Å². The molecule has 0 nitrogen and oxygen atoms in total. The quantitative estimate of drug-likeness (QED) is 0.610. The zero-order valence-electron chi connectivity index (χ0n) is 8.04. The van der Waals surface area contributed by atoms with Crippen molar-refractivity contribution in [3.63, 3.8) is 0 Å². The summed E-state index contributed by atoms with van der Waals surface area (Å²) < 4.78 is 0. The van der Waals surface area contributed by atoms with E-state index >= 15 is 0 Å². The van der Waals surface area contributed by atoms with Gasteiger partial charge < -0.3 is 0 Å². The second kappa shape index (κ2) is 3.21. The van der Waals surface area contributed by atoms with Crippen molar-refractivity contribution < 1.29 is 0 Å². The molecule has 0 aromatic rings. The van der Waals surface area contributed by atoms with Gasteiger partial charge in [-0.15, -0.1) is 0 Å². The second-order valence-corrected chi connectivity index (χ2v) is 3.66. The Morgan fingerprint density at radius 3 is 2.62 bits per heavy atom. The van der Waals surface area contributed by atoms with E-state index in [4.69, 9.17) is 0 Å². The molecule has 2 aliphatic rings. The molecule has 0 bridgehead atoms. The molecule has 0 saturated carbocycles. The van der Waals surface area contributed by atoms with Gasteiger partial charge in [0.15, 0.2) is 0 Å². The molecule has 0 spiro atoms. The standard InChI is InChI=1S/C13H13/c1-10(2)13-8-11-6-4-3-5-7-12(11)9-13/h3-8,10H,1-2H3. The molecule has 0 atom stereocenters. The Kier molecular flexibility index (Phi) is 2.05. The Morgan fingerprint density at radius 2 is 1.85 bits per heavy atom. The fourth-order valence-corrected chi connectivity index (χ4v) is 1.47. The lowest BCUT2D eigenvalue weighted by Crippen LogP contribution is -1.80. The summed E-state index contributed by atoms with van der Waals surface area (Å²) in [5.41, 5.74) is 3.81. The summed E-state index contributed by atoms with van der Waals surface area (Å²) >= 11 is 0. The molecule has 13 heavy (non-hydrogen) atoms. The van der Waals surface area contributed by atoms with Crippen LogP contribution in [0.15, 0.2) is 36.4 Å². The van der Waals surface area contributed by atoms with Crippen molar-refractivity contribution in [2.75, 3.05) is 0 Å². The van der Waals surface area contributed by atoms with Gasteiger partial charge >= 0.3 is 0 Å². The third-order valence-electron chi connectivity index (χ3n) is 2.28. The van der Waals surface area contributed by atoms with Crippen molar-refractivity contribution in [3.8, 4) is 11.1 Å². The minimum absolute atomic E-state index is 0.567. The Balaban J connectivity index is 2.57. The van der Waals surface area contributed by atoms with E-state index in [1.165, 1.54) is 16.7 Å². The Labute approximate surface area is 79.6 Å². The molecule has 2 aliphatic carbocycles. The molecule has 0 fully saturated rings. The fraction of sp³-hybridized carbons (Fsp3) is 0.231. The lowest BCUT2D eigenvalue weighted by Gasteiger charge is -1.96. The molecule has 0 amide bonds. The molecule has 65 valence electrons. The van der Waals surface area contributed by atoms with Gasteiger partial charge in [0.25, 0.3) is 0 Å². The third-order valence-corrected chi connectivity index (χ3v) is 2.28. The van der Waals surface area contributed by atoms with E-state index in [1.54, 1.807) is 0 Å². The molecular formula is C13H13. The van der Waals surface area contributed by atoms with Crippen molar-refractivity contribution in [1.82, 2.24) is 0 Å². The van der Waals surface area contributed by atoms with Crippen LogP contribution in [0.5, 0.6) is 0 Å². The average Bonchev–Trinajstić information content (AvgIpc) is 2.38. The largest absolute Gasteiger partial charge is 0.0622 e. The molecule has 0 heteroatoms. The Morgan fingerprint density at radius 1 is 1.08 bits per heavy atom. The molecular weight excluding hydrogens is 156 g/mol. The minimum atomic E-state index is 0.567. The van der Waals surface area contributed by atoms with Gasteiger partial charge in [0, 0.05) is 0 Å². The molecule has 0 aromatic carbocycles. The van der Waals surface area contributed by atoms with Crippen LogP contribution in [0.4, 0.5) is 0 Å². The van der Waals surface area contributed by atoms with E-state index < -0.39 is 0 Å². The summed E-state index contributed by atoms with van der Waals surface area (Å²) in [5.74, 6) is 0.567. The van der Waals surface area contributed by atoms with Crippen LogP contribution in [0.3, 0.4) is 0 Å². The summed E-state index contributed by atoms with van der Waals surface area (Å²) in [6.45, 7) is 4.40. The minimum Gasteiger partial charge on any atom is -0.0622 e. The normalized spacial score (nSPS) is 11.0. The highest BCUT2D eigenvalue weighted by molar-refractivity contribution is 5.67. The summed E-state index contributed by atoms with van der Waals surface area (Å²) in [7, 11) is 0. The van der Waals surface area contributed by atoms with Crippen molar-refractivity contribution >= 4 is 0 Å². The van der Waals surface area contributed by atoms with Gasteiger partial charge in [-0.3, -0.25) is 0 Å². The third kappa shape index (κ3) is 1.57. The molecule has 0 N–H and O–H groups in total. The molecule has 0 aromatic heterocycles. The zero-order chi connectivity index (χ0) is 9.26. The molecule has 0 aliphatic heterocycles. The number of hydrogen-bond donors (Lipinski definition) is 0. The highest BCUT2D eigenvalue weighted by Gasteiger charge is 2.07. The number of rotatable bonds is 1. The molecule has 0 unspecified atom stereocenters. The van der Waals surface area contributed by atoms with Gasteiger partial charge in [-0.25, -0.2) is 0 Å². The van der Waals surface area contributed by atoms with E-state index in [1.807, 2.05) is 6.07 Å². The SMILES string of the molecule is CC(C)c1[c]c2cccccc-2c1. The number of hydrogen-bond acceptors (Lipinski definition) is 0. The maximum atomic E-state index is 3.42. The topological polar surface area (TPSA) is 0 Å². The summed E-state index contributed by atoms with van der Waals surface area (Å²) in [6, 6.07) is 16.1. The van der Waals surface area contributed by atoms with Gasteiger partial charge in [-0.2, -0.15) is 0 Å². The molecule has 1 radical (unpaired) electrons. The smallest absolute Gasteiger partial charge is 0.00614 e. The van der Waals surface area contributed by atoms with E-state index in [0.717, 1.165) is 0 Å². The van der Waals surface area contributed by atoms with Crippen LogP contribution < -0.4 is 0 Å². The van der Waals surface area contributed by atoms with Crippen LogP contribution in [0.25, 0.3) is 11.1 Å². The first-order valence-corrected chi connectivity index (χ1v) is 4.68. The molecule has 0 saturated heterocycles. The summed E-state index contributed by atoms with van der Waals surface area (Å²) in [5, 5.41) is 0. The van der Waals surface area contributed by atoms with Crippen LogP contribution >= 0.6 is 0 Å². The lowest BCUT2D eigenvalue weighted by molar-refractivity contribution is 0.870. The highest BCUT2D eigenvalue weighted by Crippen LogP contribution is 2.27. The van der Waals surface area contributed by atoms with Gasteiger partial charge in [0.2, 0.25) is 0 Å². The summed E-state index contributed by atoms with van der Waals surface area (Å²) in [4.78, 5) is 0. The maximum Gasteiger partial charge on any atom is -0.00614 e. The van der Waals surface area contributed by atoms with Crippen LogP contribution in [0.2, 0.25) is 0 Å². The van der Waals surface area contributed by atoms with Crippen LogP contribution in [-0.2, 0) is 0 Å². The monoisotopic (exact) mass is 169 g/mol. The second-order valence-electron chi connectivity index (χ2n) is 3.66. The first kappa shape index (κ1) is 8.31. The summed E-state index contributed by atoms with van der Waals surface area (Å²) in [6.07, 6.45) is 0. The molecule has 0 heterocycles. The van der Waals surface area contributed by atoms with Gasteiger partial charge in [-0.05, 0) is 28.7 Å². The average molecular weight is 169 g/mol. The predicted octanol–water partition coefficient (Wildman–Crippen LogP) is 3.71. The zero-order valence-corrected chi connectivity index (χ0v) is 8.04.